The SMILES string of the molecule is CCCCCOc1ccc(C2/C(=C(\O)c3ccc(C)cc3)C(=O)C(=O)N2CCc2ccccc2)cc1OC. The number of aliphatic hydroxyl groups excluding tert-OH is 1. The summed E-state index contributed by atoms with van der Waals surface area (Å²) in [7, 11) is 1.57. The normalized spacial score (nSPS) is 16.6. The van der Waals surface area contributed by atoms with E-state index in [4.69, 9.17) is 9.47 Å². The Balaban J connectivity index is 1.74. The smallest absolute Gasteiger partial charge is 0.295 e. The van der Waals surface area contributed by atoms with Crippen LogP contribution in [0.1, 0.15) is 54.5 Å². The van der Waals surface area contributed by atoms with Gasteiger partial charge in [-0.2, -0.15) is 0 Å². The van der Waals surface area contributed by atoms with Crippen LogP contribution in [-0.2, 0) is 16.0 Å². The Morgan fingerprint density at radius 3 is 2.37 bits per heavy atom. The van der Waals surface area contributed by atoms with E-state index in [-0.39, 0.29) is 11.3 Å². The number of amides is 1. The minimum absolute atomic E-state index is 0.0746. The number of hydrogen-bond donors (Lipinski definition) is 1. The van der Waals surface area contributed by atoms with Gasteiger partial charge in [-0.3, -0.25) is 9.59 Å². The van der Waals surface area contributed by atoms with E-state index in [1.807, 2.05) is 61.5 Å². The minimum atomic E-state index is -0.761. The second-order valence-electron chi connectivity index (χ2n) is 9.56. The number of likely N-dealkylation sites (tertiary alicyclic amines) is 1. The van der Waals surface area contributed by atoms with Gasteiger partial charge in [-0.05, 0) is 43.0 Å². The molecule has 0 radical (unpaired) electrons. The highest BCUT2D eigenvalue weighted by Gasteiger charge is 2.46. The Bertz CT molecular complexity index is 1300. The van der Waals surface area contributed by atoms with Crippen LogP contribution in [0.25, 0.3) is 5.76 Å². The minimum Gasteiger partial charge on any atom is -0.507 e. The summed E-state index contributed by atoms with van der Waals surface area (Å²) in [5.74, 6) is -0.386. The third kappa shape index (κ3) is 5.91. The van der Waals surface area contributed by atoms with Crippen LogP contribution in [0.2, 0.25) is 0 Å². The summed E-state index contributed by atoms with van der Waals surface area (Å²) >= 11 is 0. The van der Waals surface area contributed by atoms with Gasteiger partial charge in [0.2, 0.25) is 0 Å². The maximum absolute atomic E-state index is 13.4. The van der Waals surface area contributed by atoms with Gasteiger partial charge in [0.1, 0.15) is 5.76 Å². The molecule has 6 nitrogen and oxygen atoms in total. The highest BCUT2D eigenvalue weighted by Crippen LogP contribution is 2.42. The summed E-state index contributed by atoms with van der Waals surface area (Å²) in [6, 6.07) is 21.7. The largest absolute Gasteiger partial charge is 0.507 e. The van der Waals surface area contributed by atoms with Crippen molar-refractivity contribution in [3.05, 3.63) is 101 Å². The van der Waals surface area contributed by atoms with Crippen molar-refractivity contribution < 1.29 is 24.2 Å². The number of carbonyl (C=O) groups is 2. The average Bonchev–Trinajstić information content (AvgIpc) is 3.19. The third-order valence-corrected chi connectivity index (χ3v) is 6.86. The topological polar surface area (TPSA) is 76.1 Å². The number of aliphatic hydroxyl groups is 1. The van der Waals surface area contributed by atoms with Crippen molar-refractivity contribution in [2.24, 2.45) is 0 Å². The fourth-order valence-corrected chi connectivity index (χ4v) is 4.73. The monoisotopic (exact) mass is 513 g/mol. The number of benzene rings is 3. The van der Waals surface area contributed by atoms with Crippen LogP contribution in [0.4, 0.5) is 0 Å². The summed E-state index contributed by atoms with van der Waals surface area (Å²) in [6.45, 7) is 4.98. The molecule has 3 aromatic rings. The number of Topliss-reactive ketones (excluding diaryl/α,β-unsaturated/α-hetero) is 1. The van der Waals surface area contributed by atoms with Crippen LogP contribution in [0, 0.1) is 6.92 Å². The van der Waals surface area contributed by atoms with E-state index in [2.05, 4.69) is 6.92 Å². The first-order valence-corrected chi connectivity index (χ1v) is 13.1. The molecule has 0 aliphatic carbocycles. The van der Waals surface area contributed by atoms with Gasteiger partial charge in [-0.25, -0.2) is 0 Å². The summed E-state index contributed by atoms with van der Waals surface area (Å²) in [4.78, 5) is 28.2. The Morgan fingerprint density at radius 1 is 0.947 bits per heavy atom. The van der Waals surface area contributed by atoms with E-state index in [1.165, 1.54) is 0 Å². The molecule has 4 rings (SSSR count). The molecule has 0 bridgehead atoms. The molecule has 1 heterocycles. The maximum atomic E-state index is 13.4. The fourth-order valence-electron chi connectivity index (χ4n) is 4.73. The van der Waals surface area contributed by atoms with E-state index in [0.29, 0.717) is 42.2 Å². The Kier molecular flexibility index (Phi) is 8.85. The second-order valence-corrected chi connectivity index (χ2v) is 9.56. The number of nitrogens with zero attached hydrogens (tertiary/aromatic N) is 1. The molecule has 1 atom stereocenters. The van der Waals surface area contributed by atoms with E-state index in [1.54, 1.807) is 30.2 Å². The van der Waals surface area contributed by atoms with Crippen LogP contribution < -0.4 is 9.47 Å². The van der Waals surface area contributed by atoms with Crippen molar-refractivity contribution in [1.82, 2.24) is 4.90 Å². The first-order chi connectivity index (χ1) is 18.4. The second kappa shape index (κ2) is 12.5. The lowest BCUT2D eigenvalue weighted by Gasteiger charge is -2.26. The van der Waals surface area contributed by atoms with Gasteiger partial charge in [-0.1, -0.05) is 86.0 Å². The average molecular weight is 514 g/mol. The number of hydrogen-bond acceptors (Lipinski definition) is 5. The zero-order valence-electron chi connectivity index (χ0n) is 22.3. The highest BCUT2D eigenvalue weighted by atomic mass is 16.5. The van der Waals surface area contributed by atoms with Crippen LogP contribution in [0.15, 0.2) is 78.4 Å². The zero-order chi connectivity index (χ0) is 27.1. The molecule has 1 N–H and O–H groups in total. The van der Waals surface area contributed by atoms with E-state index in [9.17, 15) is 14.7 Å². The first-order valence-electron chi connectivity index (χ1n) is 13.1. The Hall–Kier alpha value is -4.06. The molecule has 6 heteroatoms. The van der Waals surface area contributed by atoms with Crippen LogP contribution in [0.5, 0.6) is 11.5 Å². The standard InChI is InChI=1S/C32H35NO5/c1-4-5-9-20-38-26-17-16-25(21-27(26)37-3)29-28(30(34)24-14-12-22(2)13-15-24)31(35)32(36)33(29)19-18-23-10-7-6-8-11-23/h6-8,10-17,21,29,34H,4-5,9,18-20H2,1-3H3/b30-28+. The van der Waals surface area contributed by atoms with Gasteiger partial charge in [-0.15, -0.1) is 0 Å². The molecule has 1 saturated heterocycles. The molecule has 0 aromatic heterocycles. The molecular weight excluding hydrogens is 478 g/mol. The Morgan fingerprint density at radius 2 is 1.68 bits per heavy atom. The molecule has 198 valence electrons. The van der Waals surface area contributed by atoms with Crippen molar-refractivity contribution in [2.75, 3.05) is 20.3 Å². The number of methoxy groups -OCH3 is 1. The quantitative estimate of drug-likeness (QED) is 0.142. The molecule has 0 spiro atoms. The van der Waals surface area contributed by atoms with Crippen LogP contribution in [0.3, 0.4) is 0 Å². The van der Waals surface area contributed by atoms with Gasteiger partial charge < -0.3 is 19.5 Å². The van der Waals surface area contributed by atoms with Gasteiger partial charge in [0.05, 0.1) is 25.3 Å². The van der Waals surface area contributed by atoms with Crippen molar-refractivity contribution in [3.8, 4) is 11.5 Å². The number of ketones is 1. The van der Waals surface area contributed by atoms with Gasteiger partial charge in [0, 0.05) is 12.1 Å². The van der Waals surface area contributed by atoms with E-state index in [0.717, 1.165) is 30.4 Å². The first kappa shape index (κ1) is 27.0. The zero-order valence-corrected chi connectivity index (χ0v) is 22.3. The predicted octanol–water partition coefficient (Wildman–Crippen LogP) is 6.24. The summed E-state index contributed by atoms with van der Waals surface area (Å²) in [6.07, 6.45) is 3.69. The molecule has 1 aliphatic heterocycles. The predicted molar refractivity (Wildman–Crippen MR) is 148 cm³/mol. The molecule has 1 aliphatic rings. The number of carbonyl (C=O) groups excluding carboxylic acids is 2. The molecule has 1 fully saturated rings. The van der Waals surface area contributed by atoms with Gasteiger partial charge in [0.15, 0.2) is 11.5 Å². The molecule has 1 unspecified atom stereocenters. The van der Waals surface area contributed by atoms with Crippen LogP contribution in [-0.4, -0.2) is 42.0 Å². The molecule has 0 saturated carbocycles. The summed E-state index contributed by atoms with van der Waals surface area (Å²) in [5.41, 5.74) is 3.32. The summed E-state index contributed by atoms with van der Waals surface area (Å²) < 4.78 is 11.6. The highest BCUT2D eigenvalue weighted by molar-refractivity contribution is 6.46. The lowest BCUT2D eigenvalue weighted by Crippen LogP contribution is -2.31. The van der Waals surface area contributed by atoms with E-state index < -0.39 is 17.7 Å². The van der Waals surface area contributed by atoms with Gasteiger partial charge in [0.25, 0.3) is 11.7 Å². The number of rotatable bonds is 11. The van der Waals surface area contributed by atoms with Crippen molar-refractivity contribution in [1.29, 1.82) is 0 Å². The fraction of sp³-hybridized carbons (Fsp3) is 0.312. The lowest BCUT2D eigenvalue weighted by atomic mass is 9.94. The third-order valence-electron chi connectivity index (χ3n) is 6.86. The molecule has 3 aromatic carbocycles. The van der Waals surface area contributed by atoms with Crippen LogP contribution >= 0.6 is 0 Å². The number of unbranched alkanes of at least 4 members (excludes halogenated alkanes) is 2. The van der Waals surface area contributed by atoms with E-state index >= 15 is 0 Å². The number of aryl methyl sites for hydroxylation is 1. The number of ether oxygens (including phenoxy) is 2. The van der Waals surface area contributed by atoms with Crippen molar-refractivity contribution in [2.45, 2.75) is 45.6 Å². The molecule has 38 heavy (non-hydrogen) atoms. The van der Waals surface area contributed by atoms with Crippen molar-refractivity contribution in [3.63, 3.8) is 0 Å². The Labute approximate surface area is 224 Å². The molecular formula is C32H35NO5. The van der Waals surface area contributed by atoms with Gasteiger partial charge >= 0.3 is 0 Å². The summed E-state index contributed by atoms with van der Waals surface area (Å²) in [5, 5.41) is 11.3. The lowest BCUT2D eigenvalue weighted by molar-refractivity contribution is -0.139. The maximum Gasteiger partial charge on any atom is 0.295 e. The van der Waals surface area contributed by atoms with Crippen molar-refractivity contribution >= 4 is 17.4 Å². The molecule has 1 amide bonds.